The summed E-state index contributed by atoms with van der Waals surface area (Å²) in [5.74, 6) is 1.46. The van der Waals surface area contributed by atoms with Gasteiger partial charge in [0.1, 0.15) is 0 Å². The lowest BCUT2D eigenvalue weighted by Crippen LogP contribution is -2.38. The molecule has 1 aliphatic heterocycles. The quantitative estimate of drug-likeness (QED) is 0.372. The van der Waals surface area contributed by atoms with Gasteiger partial charge < -0.3 is 4.90 Å². The fourth-order valence-corrected chi connectivity index (χ4v) is 1.72. The van der Waals surface area contributed by atoms with E-state index in [9.17, 15) is 4.79 Å². The topological polar surface area (TPSA) is 49.8 Å². The first-order valence-electron chi connectivity index (χ1n) is 3.99. The molecule has 5 heteroatoms. The minimum Gasteiger partial charge on any atom is -0.306 e. The SMILES string of the molecule is O=C(OO)N1CCC(CS)CC1. The summed E-state index contributed by atoms with van der Waals surface area (Å²) < 4.78 is 0. The molecule has 0 saturated carbocycles. The molecule has 0 aromatic rings. The van der Waals surface area contributed by atoms with Crippen molar-refractivity contribution in [1.82, 2.24) is 4.90 Å². The molecule has 0 aromatic heterocycles. The number of amides is 1. The van der Waals surface area contributed by atoms with Gasteiger partial charge in [-0.05, 0) is 24.5 Å². The summed E-state index contributed by atoms with van der Waals surface area (Å²) in [4.78, 5) is 15.9. The van der Waals surface area contributed by atoms with E-state index >= 15 is 0 Å². The monoisotopic (exact) mass is 191 g/mol. The van der Waals surface area contributed by atoms with Crippen molar-refractivity contribution in [1.29, 1.82) is 0 Å². The zero-order chi connectivity index (χ0) is 8.97. The normalized spacial score (nSPS) is 19.3. The number of thiol groups is 1. The van der Waals surface area contributed by atoms with Crippen molar-refractivity contribution in [3.63, 3.8) is 0 Å². The third-order valence-corrected chi connectivity index (χ3v) is 2.73. The predicted molar refractivity (Wildman–Crippen MR) is 47.3 cm³/mol. The Morgan fingerprint density at radius 1 is 1.58 bits per heavy atom. The molecule has 1 rings (SSSR count). The van der Waals surface area contributed by atoms with E-state index in [1.165, 1.54) is 4.90 Å². The Morgan fingerprint density at radius 2 is 2.17 bits per heavy atom. The Labute approximate surface area is 76.8 Å². The van der Waals surface area contributed by atoms with Gasteiger partial charge >= 0.3 is 6.09 Å². The molecule has 0 atom stereocenters. The van der Waals surface area contributed by atoms with Crippen LogP contribution >= 0.6 is 12.6 Å². The smallest absolute Gasteiger partial charge is 0.306 e. The fraction of sp³-hybridized carbons (Fsp3) is 0.857. The van der Waals surface area contributed by atoms with Gasteiger partial charge in [0.05, 0.1) is 0 Å². The first-order valence-corrected chi connectivity index (χ1v) is 4.62. The van der Waals surface area contributed by atoms with Crippen molar-refractivity contribution in [3.8, 4) is 0 Å². The van der Waals surface area contributed by atoms with Crippen LogP contribution in [0.3, 0.4) is 0 Å². The maximum Gasteiger partial charge on any atom is 0.441 e. The zero-order valence-corrected chi connectivity index (χ0v) is 7.67. The van der Waals surface area contributed by atoms with Gasteiger partial charge in [0.25, 0.3) is 0 Å². The van der Waals surface area contributed by atoms with E-state index in [2.05, 4.69) is 17.5 Å². The molecule has 1 fully saturated rings. The molecule has 0 aliphatic carbocycles. The average molecular weight is 191 g/mol. The van der Waals surface area contributed by atoms with Gasteiger partial charge in [-0.2, -0.15) is 17.9 Å². The van der Waals surface area contributed by atoms with Gasteiger partial charge in [0.2, 0.25) is 0 Å². The molecule has 1 aliphatic rings. The fourth-order valence-electron chi connectivity index (χ4n) is 1.36. The van der Waals surface area contributed by atoms with E-state index in [1.54, 1.807) is 0 Å². The zero-order valence-electron chi connectivity index (χ0n) is 6.77. The first kappa shape index (κ1) is 9.67. The van der Waals surface area contributed by atoms with Crippen molar-refractivity contribution in [2.75, 3.05) is 18.8 Å². The van der Waals surface area contributed by atoms with Crippen LogP contribution in [-0.4, -0.2) is 35.1 Å². The Bertz CT molecular complexity index is 157. The summed E-state index contributed by atoms with van der Waals surface area (Å²) in [7, 11) is 0. The van der Waals surface area contributed by atoms with Crippen molar-refractivity contribution in [2.45, 2.75) is 12.8 Å². The van der Waals surface area contributed by atoms with Crippen LogP contribution < -0.4 is 0 Å². The molecule has 1 amide bonds. The largest absolute Gasteiger partial charge is 0.441 e. The van der Waals surface area contributed by atoms with E-state index in [0.29, 0.717) is 19.0 Å². The summed E-state index contributed by atoms with van der Waals surface area (Å²) in [5.41, 5.74) is 0. The van der Waals surface area contributed by atoms with Crippen LogP contribution in [0.25, 0.3) is 0 Å². The molecule has 0 spiro atoms. The summed E-state index contributed by atoms with van der Waals surface area (Å²) in [6.07, 6.45) is 1.24. The van der Waals surface area contributed by atoms with Crippen molar-refractivity contribution in [2.24, 2.45) is 5.92 Å². The Morgan fingerprint density at radius 3 is 2.58 bits per heavy atom. The summed E-state index contributed by atoms with van der Waals surface area (Å²) in [6, 6.07) is 0. The highest BCUT2D eigenvalue weighted by atomic mass is 32.1. The maximum atomic E-state index is 10.8. The molecule has 70 valence electrons. The van der Waals surface area contributed by atoms with Crippen LogP contribution in [0.4, 0.5) is 4.79 Å². The number of likely N-dealkylation sites (tertiary alicyclic amines) is 1. The highest BCUT2D eigenvalue weighted by Crippen LogP contribution is 2.18. The lowest BCUT2D eigenvalue weighted by molar-refractivity contribution is -0.189. The minimum atomic E-state index is -0.646. The molecule has 0 unspecified atom stereocenters. The molecule has 1 N–H and O–H groups in total. The molecular formula is C7H13NO3S. The van der Waals surface area contributed by atoms with Crippen LogP contribution in [-0.2, 0) is 4.89 Å². The molecule has 1 saturated heterocycles. The van der Waals surface area contributed by atoms with Crippen LogP contribution in [0.1, 0.15) is 12.8 Å². The second-order valence-electron chi connectivity index (χ2n) is 2.97. The van der Waals surface area contributed by atoms with Gasteiger partial charge in [-0.15, -0.1) is 0 Å². The number of piperidine rings is 1. The lowest BCUT2D eigenvalue weighted by atomic mass is 9.99. The molecular weight excluding hydrogens is 178 g/mol. The number of rotatable bonds is 1. The second kappa shape index (κ2) is 4.57. The molecule has 0 aromatic carbocycles. The van der Waals surface area contributed by atoms with E-state index in [-0.39, 0.29) is 0 Å². The predicted octanol–water partition coefficient (Wildman–Crippen LogP) is 1.24. The van der Waals surface area contributed by atoms with Gasteiger partial charge in [-0.1, -0.05) is 0 Å². The molecule has 1 heterocycles. The van der Waals surface area contributed by atoms with Crippen LogP contribution in [0.15, 0.2) is 0 Å². The van der Waals surface area contributed by atoms with Crippen LogP contribution in [0.2, 0.25) is 0 Å². The third-order valence-electron chi connectivity index (χ3n) is 2.21. The Kier molecular flexibility index (Phi) is 3.68. The molecule has 0 radical (unpaired) electrons. The molecule has 0 bridgehead atoms. The van der Waals surface area contributed by atoms with Gasteiger partial charge in [0.15, 0.2) is 0 Å². The maximum absolute atomic E-state index is 10.8. The third kappa shape index (κ3) is 2.28. The molecule has 12 heavy (non-hydrogen) atoms. The Balaban J connectivity index is 2.30. The van der Waals surface area contributed by atoms with Crippen molar-refractivity contribution < 1.29 is 14.9 Å². The van der Waals surface area contributed by atoms with E-state index in [4.69, 9.17) is 5.26 Å². The number of carbonyl (C=O) groups is 1. The van der Waals surface area contributed by atoms with Gasteiger partial charge in [0, 0.05) is 13.1 Å². The lowest BCUT2D eigenvalue weighted by Gasteiger charge is -2.29. The highest BCUT2D eigenvalue weighted by molar-refractivity contribution is 7.80. The standard InChI is InChI=1S/C7H13NO3S/c9-7(11-10)8-3-1-6(5-12)2-4-8/h6,10,12H,1-5H2. The van der Waals surface area contributed by atoms with Crippen molar-refractivity contribution in [3.05, 3.63) is 0 Å². The number of hydrogen-bond acceptors (Lipinski definition) is 4. The molecule has 4 nitrogen and oxygen atoms in total. The highest BCUT2D eigenvalue weighted by Gasteiger charge is 2.22. The summed E-state index contributed by atoms with van der Waals surface area (Å²) in [5, 5.41) is 8.10. The summed E-state index contributed by atoms with van der Waals surface area (Å²) in [6.45, 7) is 1.31. The van der Waals surface area contributed by atoms with Gasteiger partial charge in [-0.25, -0.2) is 4.79 Å². The Hall–Kier alpha value is -0.420. The minimum absolute atomic E-state index is 0.594. The van der Waals surface area contributed by atoms with Crippen LogP contribution in [0.5, 0.6) is 0 Å². The van der Waals surface area contributed by atoms with Crippen LogP contribution in [0, 0.1) is 5.92 Å². The number of nitrogens with zero attached hydrogens (tertiary/aromatic N) is 1. The first-order chi connectivity index (χ1) is 5.77. The second-order valence-corrected chi connectivity index (χ2v) is 3.34. The number of carbonyl (C=O) groups excluding carboxylic acids is 1. The number of hydrogen-bond donors (Lipinski definition) is 2. The summed E-state index contributed by atoms with van der Waals surface area (Å²) >= 11 is 4.18. The van der Waals surface area contributed by atoms with Gasteiger partial charge in [-0.3, -0.25) is 4.89 Å². The van der Waals surface area contributed by atoms with Crippen molar-refractivity contribution >= 4 is 18.7 Å². The van der Waals surface area contributed by atoms with E-state index < -0.39 is 6.09 Å². The van der Waals surface area contributed by atoms with E-state index in [0.717, 1.165) is 18.6 Å². The van der Waals surface area contributed by atoms with E-state index in [1.807, 2.05) is 0 Å². The average Bonchev–Trinajstić information content (AvgIpc) is 2.17.